The average Bonchev–Trinajstić information content (AvgIpc) is 3.25. The van der Waals surface area contributed by atoms with Gasteiger partial charge in [-0.3, -0.25) is 23.7 Å². The van der Waals surface area contributed by atoms with E-state index in [1.54, 1.807) is 50.2 Å². The Bertz CT molecular complexity index is 1560. The van der Waals surface area contributed by atoms with Crippen LogP contribution in [0.25, 0.3) is 10.8 Å². The number of carbonyl (C=O) groups is 1. The molecule has 0 bridgehead atoms. The van der Waals surface area contributed by atoms with Crippen LogP contribution in [-0.4, -0.2) is 57.5 Å². The van der Waals surface area contributed by atoms with Crippen molar-refractivity contribution in [3.8, 4) is 5.75 Å². The van der Waals surface area contributed by atoms with E-state index in [9.17, 15) is 32.8 Å². The maximum atomic E-state index is 14.5. The van der Waals surface area contributed by atoms with Crippen molar-refractivity contribution in [3.63, 3.8) is 0 Å². The summed E-state index contributed by atoms with van der Waals surface area (Å²) < 4.78 is 65.6. The van der Waals surface area contributed by atoms with Crippen LogP contribution in [0.3, 0.4) is 0 Å². The van der Waals surface area contributed by atoms with Gasteiger partial charge in [-0.05, 0) is 32.2 Å². The second-order valence-corrected chi connectivity index (χ2v) is 11.5. The van der Waals surface area contributed by atoms with E-state index in [0.717, 1.165) is 22.2 Å². The van der Waals surface area contributed by atoms with Gasteiger partial charge in [-0.25, -0.2) is 18.1 Å². The first-order valence-corrected chi connectivity index (χ1v) is 14.2. The summed E-state index contributed by atoms with van der Waals surface area (Å²) in [6, 6.07) is 11.6. The zero-order valence-electron chi connectivity index (χ0n) is 22.4. The number of nitrogens with zero attached hydrogens (tertiary/aromatic N) is 1. The van der Waals surface area contributed by atoms with Gasteiger partial charge in [0.2, 0.25) is 0 Å². The normalized spacial score (nSPS) is 23.0. The summed E-state index contributed by atoms with van der Waals surface area (Å²) in [5.41, 5.74) is -4.26. The number of halogens is 2. The number of aromatic nitrogens is 2. The van der Waals surface area contributed by atoms with Crippen molar-refractivity contribution in [2.45, 2.75) is 63.7 Å². The number of benzene rings is 2. The molecule has 0 radical (unpaired) electrons. The average molecular weight is 598 g/mol. The monoisotopic (exact) mass is 597 g/mol. The number of carbonyl (C=O) groups excluding carboxylic acids is 1. The Morgan fingerprint density at radius 2 is 1.90 bits per heavy atom. The fraction of sp³-hybridized carbons (Fsp3) is 0.423. The molecule has 15 heteroatoms. The Morgan fingerprint density at radius 1 is 1.20 bits per heavy atom. The van der Waals surface area contributed by atoms with E-state index in [1.165, 1.54) is 13.0 Å². The second-order valence-electron chi connectivity index (χ2n) is 9.84. The molecule has 4 rings (SSSR count). The molecule has 0 amide bonds. The molecule has 1 saturated heterocycles. The predicted octanol–water partition coefficient (Wildman–Crippen LogP) is 3.11. The highest BCUT2D eigenvalue weighted by Gasteiger charge is 2.55. The van der Waals surface area contributed by atoms with Crippen molar-refractivity contribution >= 4 is 24.5 Å². The van der Waals surface area contributed by atoms with E-state index in [-0.39, 0.29) is 5.75 Å². The standard InChI is InChI=1S/C26H30F2N3O9P/c1-15(2)38-23(34)16(3)30-41(36,40-20-10-6-8-17-7-4-5-9-18(17)20)37-14-26(24(27)28)13-19(32)22(39-26)31-12-11-21(33)29-25(31)35/h4-12,15-16,19,22,24,32H,13-14H2,1-3H3,(H,30,36)(H,29,33,35)/t16-,19+,22+,26-,41?/m0/s1. The lowest BCUT2D eigenvalue weighted by Crippen LogP contribution is -2.44. The van der Waals surface area contributed by atoms with Crippen LogP contribution in [0.5, 0.6) is 5.75 Å². The van der Waals surface area contributed by atoms with Crippen molar-refractivity contribution in [2.24, 2.45) is 0 Å². The summed E-state index contributed by atoms with van der Waals surface area (Å²) >= 11 is 0. The molecule has 1 aliphatic rings. The lowest BCUT2D eigenvalue weighted by Gasteiger charge is -2.31. The number of ether oxygens (including phenoxy) is 2. The minimum Gasteiger partial charge on any atom is -0.462 e. The Hall–Kier alpha value is -3.42. The number of nitrogens with one attached hydrogen (secondary N) is 2. The van der Waals surface area contributed by atoms with E-state index in [1.807, 2.05) is 4.98 Å². The van der Waals surface area contributed by atoms with Gasteiger partial charge in [0.25, 0.3) is 12.0 Å². The number of alkyl halides is 2. The number of fused-ring (bicyclic) bond motifs is 1. The summed E-state index contributed by atoms with van der Waals surface area (Å²) in [7, 11) is -4.62. The molecule has 12 nitrogen and oxygen atoms in total. The molecule has 1 fully saturated rings. The van der Waals surface area contributed by atoms with Crippen molar-refractivity contribution in [1.29, 1.82) is 0 Å². The van der Waals surface area contributed by atoms with E-state index in [2.05, 4.69) is 5.09 Å². The molecule has 0 spiro atoms. The maximum absolute atomic E-state index is 14.5. The molecule has 222 valence electrons. The number of esters is 1. The van der Waals surface area contributed by atoms with E-state index in [0.29, 0.717) is 5.39 Å². The van der Waals surface area contributed by atoms with Crippen LogP contribution in [-0.2, 0) is 23.4 Å². The Labute approximate surface area is 232 Å². The second kappa shape index (κ2) is 12.2. The number of aliphatic hydroxyl groups excluding tert-OH is 1. The van der Waals surface area contributed by atoms with Crippen molar-refractivity contribution in [1.82, 2.24) is 14.6 Å². The van der Waals surface area contributed by atoms with Gasteiger partial charge in [-0.2, -0.15) is 5.09 Å². The Kier molecular flexibility index (Phi) is 9.10. The van der Waals surface area contributed by atoms with Crippen LogP contribution in [0, 0.1) is 0 Å². The molecular weight excluding hydrogens is 567 g/mol. The highest BCUT2D eigenvalue weighted by Crippen LogP contribution is 2.50. The number of aliphatic hydroxyl groups is 1. The van der Waals surface area contributed by atoms with E-state index in [4.69, 9.17) is 18.5 Å². The molecular formula is C26H30F2N3O9P. The molecule has 41 heavy (non-hydrogen) atoms. The fourth-order valence-electron chi connectivity index (χ4n) is 4.30. The molecule has 3 N–H and O–H groups in total. The van der Waals surface area contributed by atoms with Crippen molar-refractivity contribution < 1.29 is 41.8 Å². The van der Waals surface area contributed by atoms with Gasteiger partial charge in [0, 0.05) is 24.1 Å². The summed E-state index contributed by atoms with van der Waals surface area (Å²) in [5.74, 6) is -0.710. The molecule has 3 aromatic rings. The largest absolute Gasteiger partial charge is 0.462 e. The highest BCUT2D eigenvalue weighted by molar-refractivity contribution is 7.52. The van der Waals surface area contributed by atoms with Gasteiger partial charge in [0.15, 0.2) is 11.8 Å². The lowest BCUT2D eigenvalue weighted by molar-refractivity contribution is -0.170. The predicted molar refractivity (Wildman–Crippen MR) is 143 cm³/mol. The third-order valence-electron chi connectivity index (χ3n) is 6.27. The Morgan fingerprint density at radius 3 is 2.59 bits per heavy atom. The van der Waals surface area contributed by atoms with Crippen molar-refractivity contribution in [3.05, 3.63) is 75.6 Å². The zero-order chi connectivity index (χ0) is 29.9. The minimum atomic E-state index is -4.62. The topological polar surface area (TPSA) is 158 Å². The summed E-state index contributed by atoms with van der Waals surface area (Å²) in [4.78, 5) is 38.1. The molecule has 0 saturated carbocycles. The SMILES string of the molecule is CC(C)OC(=O)[C@H](C)NP(=O)(OC[C@]1(C(F)F)C[C@@H](O)[C@H](n2ccc(=O)[nH]c2=O)O1)Oc1cccc2ccccc12. The molecule has 1 aromatic heterocycles. The maximum Gasteiger partial charge on any atom is 0.459 e. The number of H-pyrrole nitrogens is 1. The third kappa shape index (κ3) is 6.91. The van der Waals surface area contributed by atoms with Gasteiger partial charge < -0.3 is 19.1 Å². The summed E-state index contributed by atoms with van der Waals surface area (Å²) in [5, 5.41) is 14.3. The third-order valence-corrected chi connectivity index (χ3v) is 7.88. The van der Waals surface area contributed by atoms with Crippen LogP contribution in [0.1, 0.15) is 33.4 Å². The van der Waals surface area contributed by atoms with Crippen LogP contribution in [0.4, 0.5) is 8.78 Å². The Balaban J connectivity index is 1.64. The van der Waals surface area contributed by atoms with E-state index < -0.39 is 74.5 Å². The molecule has 1 aliphatic heterocycles. The number of aromatic amines is 1. The zero-order valence-corrected chi connectivity index (χ0v) is 23.3. The van der Waals surface area contributed by atoms with Crippen molar-refractivity contribution in [2.75, 3.05) is 6.61 Å². The first-order chi connectivity index (χ1) is 19.3. The first-order valence-electron chi connectivity index (χ1n) is 12.7. The number of hydrogen-bond donors (Lipinski definition) is 3. The number of rotatable bonds is 11. The number of hydrogen-bond acceptors (Lipinski definition) is 9. The van der Waals surface area contributed by atoms with Gasteiger partial charge in [0.05, 0.1) is 12.7 Å². The fourth-order valence-corrected chi connectivity index (χ4v) is 5.87. The molecule has 1 unspecified atom stereocenters. The molecule has 2 aromatic carbocycles. The van der Waals surface area contributed by atoms with Crippen LogP contribution in [0.2, 0.25) is 0 Å². The van der Waals surface area contributed by atoms with Gasteiger partial charge in [-0.1, -0.05) is 36.4 Å². The minimum absolute atomic E-state index is 0.0829. The summed E-state index contributed by atoms with van der Waals surface area (Å²) in [6.45, 7) is 3.50. The molecule has 0 aliphatic carbocycles. The van der Waals surface area contributed by atoms with Crippen LogP contribution in [0.15, 0.2) is 64.3 Å². The lowest BCUT2D eigenvalue weighted by atomic mass is 10.0. The smallest absolute Gasteiger partial charge is 0.459 e. The quantitative estimate of drug-likeness (QED) is 0.222. The highest BCUT2D eigenvalue weighted by atomic mass is 31.2. The molecule has 2 heterocycles. The van der Waals surface area contributed by atoms with E-state index >= 15 is 0 Å². The van der Waals surface area contributed by atoms with Gasteiger partial charge in [-0.15, -0.1) is 0 Å². The first kappa shape index (κ1) is 30.5. The van der Waals surface area contributed by atoms with Gasteiger partial charge in [0.1, 0.15) is 17.9 Å². The van der Waals surface area contributed by atoms with Crippen LogP contribution >= 0.6 is 7.75 Å². The van der Waals surface area contributed by atoms with Crippen LogP contribution < -0.4 is 20.9 Å². The molecule has 5 atom stereocenters. The summed E-state index contributed by atoms with van der Waals surface area (Å²) in [6.07, 6.45) is -6.73. The van der Waals surface area contributed by atoms with Gasteiger partial charge >= 0.3 is 19.4 Å².